The Labute approximate surface area is 123 Å². The summed E-state index contributed by atoms with van der Waals surface area (Å²) < 4.78 is 2.60. The van der Waals surface area contributed by atoms with Crippen molar-refractivity contribution < 1.29 is 14.7 Å². The third-order valence-corrected chi connectivity index (χ3v) is 4.84. The van der Waals surface area contributed by atoms with Gasteiger partial charge in [-0.15, -0.1) is 0 Å². The van der Waals surface area contributed by atoms with E-state index < -0.39 is 11.5 Å². The zero-order valence-corrected chi connectivity index (χ0v) is 12.9. The molecule has 2 N–H and O–H groups in total. The monoisotopic (exact) mass is 346 g/mol. The van der Waals surface area contributed by atoms with Crippen molar-refractivity contribution in [3.05, 3.63) is 22.4 Å². The summed E-state index contributed by atoms with van der Waals surface area (Å²) in [4.78, 5) is 23.7. The first-order valence-electron chi connectivity index (χ1n) is 5.98. The number of thioether (sulfide) groups is 1. The maximum absolute atomic E-state index is 12.3. The van der Waals surface area contributed by atoms with Crippen LogP contribution in [0.3, 0.4) is 0 Å². The number of hydrogen-bond acceptors (Lipinski definition) is 3. The number of nitrogens with zero attached hydrogens (tertiary/aromatic N) is 1. The molecule has 19 heavy (non-hydrogen) atoms. The molecule has 0 spiro atoms. The standard InChI is InChI=1S/C12H15BrN2O3S/c1-2-15-6-8(13)5-9(15)10(16)14-12(11(17)18)3-4-19-7-12/h5-6H,2-4,7H2,1H3,(H,14,16)(H,17,18)/t12-/m0/s1. The molecule has 2 rings (SSSR count). The fourth-order valence-electron chi connectivity index (χ4n) is 2.09. The van der Waals surface area contributed by atoms with Gasteiger partial charge in [0.1, 0.15) is 11.2 Å². The van der Waals surface area contributed by atoms with Gasteiger partial charge in [-0.25, -0.2) is 4.79 Å². The quantitative estimate of drug-likeness (QED) is 0.874. The van der Waals surface area contributed by atoms with Gasteiger partial charge in [0.25, 0.3) is 5.91 Å². The Bertz CT molecular complexity index is 509. The highest BCUT2D eigenvalue weighted by atomic mass is 79.9. The Morgan fingerprint density at radius 2 is 2.37 bits per heavy atom. The van der Waals surface area contributed by atoms with Crippen LogP contribution >= 0.6 is 27.7 Å². The Balaban J connectivity index is 2.22. The van der Waals surface area contributed by atoms with E-state index in [4.69, 9.17) is 0 Å². The number of aromatic nitrogens is 1. The van der Waals surface area contributed by atoms with Crippen molar-refractivity contribution in [2.24, 2.45) is 0 Å². The zero-order valence-electron chi connectivity index (χ0n) is 10.5. The topological polar surface area (TPSA) is 71.3 Å². The highest BCUT2D eigenvalue weighted by molar-refractivity contribution is 9.10. The van der Waals surface area contributed by atoms with Gasteiger partial charge in [0.05, 0.1) is 0 Å². The van der Waals surface area contributed by atoms with E-state index in [1.54, 1.807) is 22.4 Å². The molecule has 0 aliphatic carbocycles. The first-order valence-corrected chi connectivity index (χ1v) is 7.92. The summed E-state index contributed by atoms with van der Waals surface area (Å²) in [5, 5.41) is 12.0. The molecule has 0 saturated carbocycles. The third kappa shape index (κ3) is 2.81. The van der Waals surface area contributed by atoms with Crippen LogP contribution < -0.4 is 5.32 Å². The molecule has 1 aromatic rings. The lowest BCUT2D eigenvalue weighted by Crippen LogP contribution is -2.55. The van der Waals surface area contributed by atoms with Crippen LogP contribution in [-0.4, -0.2) is 38.6 Å². The molecule has 104 valence electrons. The van der Waals surface area contributed by atoms with Crippen LogP contribution in [0.2, 0.25) is 0 Å². The smallest absolute Gasteiger partial charge is 0.330 e. The molecule has 0 bridgehead atoms. The van der Waals surface area contributed by atoms with E-state index in [2.05, 4.69) is 21.2 Å². The molecule has 1 amide bonds. The lowest BCUT2D eigenvalue weighted by Gasteiger charge is -2.24. The van der Waals surface area contributed by atoms with E-state index in [9.17, 15) is 14.7 Å². The molecule has 1 aliphatic rings. The summed E-state index contributed by atoms with van der Waals surface area (Å²) in [6.07, 6.45) is 2.28. The molecule has 0 aromatic carbocycles. The summed E-state index contributed by atoms with van der Waals surface area (Å²) in [5.41, 5.74) is -0.649. The van der Waals surface area contributed by atoms with E-state index in [1.165, 1.54) is 0 Å². The van der Waals surface area contributed by atoms with E-state index >= 15 is 0 Å². The highest BCUT2D eigenvalue weighted by Crippen LogP contribution is 2.29. The van der Waals surface area contributed by atoms with Gasteiger partial charge in [-0.3, -0.25) is 4.79 Å². The molecule has 1 atom stereocenters. The van der Waals surface area contributed by atoms with Crippen LogP contribution in [0.1, 0.15) is 23.8 Å². The maximum atomic E-state index is 12.3. The Morgan fingerprint density at radius 3 is 2.89 bits per heavy atom. The molecule has 0 radical (unpaired) electrons. The van der Waals surface area contributed by atoms with E-state index in [0.29, 0.717) is 24.4 Å². The van der Waals surface area contributed by atoms with Crippen LogP contribution in [0.25, 0.3) is 0 Å². The van der Waals surface area contributed by atoms with Crippen LogP contribution in [0.5, 0.6) is 0 Å². The molecule has 5 nitrogen and oxygen atoms in total. The molecule has 1 aliphatic heterocycles. The Morgan fingerprint density at radius 1 is 1.63 bits per heavy atom. The van der Waals surface area contributed by atoms with Crippen LogP contribution in [-0.2, 0) is 11.3 Å². The normalized spacial score (nSPS) is 22.4. The second-order valence-electron chi connectivity index (χ2n) is 4.47. The largest absolute Gasteiger partial charge is 0.479 e. The zero-order chi connectivity index (χ0) is 14.0. The molecule has 7 heteroatoms. The van der Waals surface area contributed by atoms with Crippen molar-refractivity contribution in [1.82, 2.24) is 9.88 Å². The van der Waals surface area contributed by atoms with Gasteiger partial charge in [0, 0.05) is 23.0 Å². The minimum atomic E-state index is -1.13. The average molecular weight is 347 g/mol. The van der Waals surface area contributed by atoms with Crippen molar-refractivity contribution in [2.45, 2.75) is 25.4 Å². The second kappa shape index (κ2) is 5.58. The summed E-state index contributed by atoms with van der Waals surface area (Å²) in [6.45, 7) is 2.59. The lowest BCUT2D eigenvalue weighted by molar-refractivity contribution is -0.143. The van der Waals surface area contributed by atoms with Gasteiger partial charge in [0.2, 0.25) is 0 Å². The number of aliphatic carboxylic acids is 1. The molecular formula is C12H15BrN2O3S. The fourth-order valence-corrected chi connectivity index (χ4v) is 3.88. The fraction of sp³-hybridized carbons (Fsp3) is 0.500. The van der Waals surface area contributed by atoms with Crippen molar-refractivity contribution in [3.8, 4) is 0 Å². The van der Waals surface area contributed by atoms with Crippen molar-refractivity contribution >= 4 is 39.6 Å². The number of nitrogens with one attached hydrogen (secondary N) is 1. The summed E-state index contributed by atoms with van der Waals surface area (Å²) in [6, 6.07) is 1.70. The first kappa shape index (κ1) is 14.5. The summed E-state index contributed by atoms with van der Waals surface area (Å²) >= 11 is 4.88. The maximum Gasteiger partial charge on any atom is 0.330 e. The minimum Gasteiger partial charge on any atom is -0.479 e. The number of aryl methyl sites for hydroxylation is 1. The van der Waals surface area contributed by atoms with Gasteiger partial charge in [-0.2, -0.15) is 11.8 Å². The van der Waals surface area contributed by atoms with Crippen molar-refractivity contribution in [3.63, 3.8) is 0 Å². The van der Waals surface area contributed by atoms with Gasteiger partial charge in [0.15, 0.2) is 0 Å². The van der Waals surface area contributed by atoms with Crippen LogP contribution in [0.4, 0.5) is 0 Å². The van der Waals surface area contributed by atoms with Gasteiger partial charge in [-0.1, -0.05) is 0 Å². The van der Waals surface area contributed by atoms with Gasteiger partial charge >= 0.3 is 5.97 Å². The highest BCUT2D eigenvalue weighted by Gasteiger charge is 2.43. The predicted octanol–water partition coefficient (Wildman–Crippen LogP) is 1.96. The van der Waals surface area contributed by atoms with Crippen molar-refractivity contribution in [1.29, 1.82) is 0 Å². The second-order valence-corrected chi connectivity index (χ2v) is 6.49. The molecular weight excluding hydrogens is 332 g/mol. The predicted molar refractivity (Wildman–Crippen MR) is 77.6 cm³/mol. The number of carbonyl (C=O) groups excluding carboxylic acids is 1. The summed E-state index contributed by atoms with van der Waals surface area (Å²) in [5.74, 6) is -0.121. The van der Waals surface area contributed by atoms with Gasteiger partial charge < -0.3 is 15.0 Å². The number of carboxylic acid groups (broad SMARTS) is 1. The number of amides is 1. The molecule has 0 unspecified atom stereocenters. The van der Waals surface area contributed by atoms with E-state index in [1.807, 2.05) is 13.1 Å². The van der Waals surface area contributed by atoms with E-state index in [0.717, 1.165) is 10.2 Å². The van der Waals surface area contributed by atoms with Crippen LogP contribution in [0, 0.1) is 0 Å². The molecule has 1 fully saturated rings. The Kier molecular flexibility index (Phi) is 4.25. The average Bonchev–Trinajstić information content (AvgIpc) is 2.96. The number of carbonyl (C=O) groups is 2. The minimum absolute atomic E-state index is 0.336. The molecule has 1 aromatic heterocycles. The number of halogens is 1. The van der Waals surface area contributed by atoms with Gasteiger partial charge in [-0.05, 0) is 41.1 Å². The first-order chi connectivity index (χ1) is 8.98. The molecule has 2 heterocycles. The van der Waals surface area contributed by atoms with E-state index in [-0.39, 0.29) is 5.91 Å². The SMILES string of the molecule is CCn1cc(Br)cc1C(=O)N[C@@]1(C(=O)O)CCSC1. The third-order valence-electron chi connectivity index (χ3n) is 3.22. The molecule has 1 saturated heterocycles. The summed E-state index contributed by atoms with van der Waals surface area (Å²) in [7, 11) is 0. The van der Waals surface area contributed by atoms with Crippen molar-refractivity contribution in [2.75, 3.05) is 11.5 Å². The number of rotatable bonds is 4. The Hall–Kier alpha value is -0.950. The van der Waals surface area contributed by atoms with Crippen LogP contribution in [0.15, 0.2) is 16.7 Å². The number of carboxylic acids is 1. The lowest BCUT2D eigenvalue weighted by atomic mass is 9.99. The number of hydrogen-bond donors (Lipinski definition) is 2.